The molecule has 1 aliphatic rings. The lowest BCUT2D eigenvalue weighted by molar-refractivity contribution is -0.142. The van der Waals surface area contributed by atoms with E-state index in [2.05, 4.69) is 10.4 Å². The Morgan fingerprint density at radius 3 is 2.44 bits per heavy atom. The molecule has 0 fully saturated rings. The second kappa shape index (κ2) is 8.72. The van der Waals surface area contributed by atoms with E-state index in [9.17, 15) is 18.0 Å². The first-order valence-corrected chi connectivity index (χ1v) is 9.31. The lowest BCUT2D eigenvalue weighted by Gasteiger charge is -2.17. The van der Waals surface area contributed by atoms with Crippen molar-refractivity contribution in [2.75, 3.05) is 6.54 Å². The van der Waals surface area contributed by atoms with Crippen molar-refractivity contribution < 1.29 is 18.0 Å². The molecule has 0 saturated heterocycles. The van der Waals surface area contributed by atoms with Crippen molar-refractivity contribution in [3.63, 3.8) is 0 Å². The minimum atomic E-state index is -4.41. The zero-order valence-electron chi connectivity index (χ0n) is 15.1. The maximum Gasteiger partial charge on any atom is 0.435 e. The summed E-state index contributed by atoms with van der Waals surface area (Å²) in [6.45, 7) is 4.69. The average molecular weight is 359 g/mol. The van der Waals surface area contributed by atoms with Gasteiger partial charge in [0.05, 0.1) is 6.54 Å². The van der Waals surface area contributed by atoms with E-state index >= 15 is 0 Å². The van der Waals surface area contributed by atoms with Gasteiger partial charge in [-0.3, -0.25) is 9.48 Å². The fourth-order valence-electron chi connectivity index (χ4n) is 3.62. The second-order valence-corrected chi connectivity index (χ2v) is 6.77. The Bertz CT molecular complexity index is 575. The van der Waals surface area contributed by atoms with Gasteiger partial charge in [0.2, 0.25) is 5.91 Å². The largest absolute Gasteiger partial charge is 0.435 e. The molecule has 0 spiro atoms. The molecular formula is C18H28F3N3O. The Labute approximate surface area is 147 Å². The van der Waals surface area contributed by atoms with Crippen molar-refractivity contribution in [1.82, 2.24) is 15.1 Å². The molecule has 142 valence electrons. The third kappa shape index (κ3) is 4.98. The number of nitrogens with zero attached hydrogens (tertiary/aromatic N) is 2. The Morgan fingerprint density at radius 2 is 1.84 bits per heavy atom. The van der Waals surface area contributed by atoms with Crippen LogP contribution in [0, 0.1) is 5.92 Å². The number of hydrogen-bond donors (Lipinski definition) is 1. The highest BCUT2D eigenvalue weighted by molar-refractivity contribution is 5.78. The first kappa shape index (κ1) is 19.8. The van der Waals surface area contributed by atoms with Gasteiger partial charge in [0.1, 0.15) is 0 Å². The summed E-state index contributed by atoms with van der Waals surface area (Å²) in [4.78, 5) is 12.2. The minimum absolute atomic E-state index is 0.000712. The Balaban J connectivity index is 2.01. The summed E-state index contributed by atoms with van der Waals surface area (Å²) in [5, 5.41) is 6.69. The van der Waals surface area contributed by atoms with E-state index in [1.165, 1.54) is 4.68 Å². The van der Waals surface area contributed by atoms with E-state index in [-0.39, 0.29) is 18.4 Å². The van der Waals surface area contributed by atoms with Crippen molar-refractivity contribution in [1.29, 1.82) is 0 Å². The summed E-state index contributed by atoms with van der Waals surface area (Å²) in [5.74, 6) is -0.00644. The number of fused-ring (bicyclic) bond motifs is 1. The predicted molar refractivity (Wildman–Crippen MR) is 90.2 cm³/mol. The van der Waals surface area contributed by atoms with Crippen molar-refractivity contribution in [3.05, 3.63) is 17.0 Å². The number of hydrogen-bond acceptors (Lipinski definition) is 2. The number of carbonyl (C=O) groups excluding carboxylic acids is 1. The zero-order chi connectivity index (χ0) is 18.4. The van der Waals surface area contributed by atoms with Crippen LogP contribution in [0.25, 0.3) is 0 Å². The van der Waals surface area contributed by atoms with Crippen molar-refractivity contribution in [3.8, 4) is 0 Å². The summed E-state index contributed by atoms with van der Waals surface area (Å²) < 4.78 is 41.0. The van der Waals surface area contributed by atoms with E-state index in [4.69, 9.17) is 0 Å². The highest BCUT2D eigenvalue weighted by Gasteiger charge is 2.39. The maximum absolute atomic E-state index is 13.2. The summed E-state index contributed by atoms with van der Waals surface area (Å²) >= 11 is 0. The number of amides is 1. The van der Waals surface area contributed by atoms with Crippen LogP contribution in [0.2, 0.25) is 0 Å². The molecule has 25 heavy (non-hydrogen) atoms. The number of nitrogens with one attached hydrogen (secondary N) is 1. The van der Waals surface area contributed by atoms with Crippen LogP contribution in [-0.4, -0.2) is 22.2 Å². The number of carbonyl (C=O) groups is 1. The van der Waals surface area contributed by atoms with Crippen molar-refractivity contribution in [2.24, 2.45) is 5.92 Å². The average Bonchev–Trinajstić information content (AvgIpc) is 2.94. The predicted octanol–water partition coefficient (Wildman–Crippen LogP) is 4.11. The highest BCUT2D eigenvalue weighted by atomic mass is 19.4. The van der Waals surface area contributed by atoms with E-state index in [0.717, 1.165) is 38.5 Å². The molecule has 0 radical (unpaired) electrons. The van der Waals surface area contributed by atoms with Crippen LogP contribution < -0.4 is 5.32 Å². The molecule has 0 aromatic carbocycles. The van der Waals surface area contributed by atoms with Crippen LogP contribution in [0.5, 0.6) is 0 Å². The van der Waals surface area contributed by atoms with Crippen LogP contribution in [0.3, 0.4) is 0 Å². The molecule has 2 rings (SSSR count). The lowest BCUT2D eigenvalue weighted by Crippen LogP contribution is -2.33. The van der Waals surface area contributed by atoms with Gasteiger partial charge in [0, 0.05) is 23.7 Å². The fourth-order valence-corrected chi connectivity index (χ4v) is 3.62. The zero-order valence-corrected chi connectivity index (χ0v) is 15.1. The third-order valence-corrected chi connectivity index (χ3v) is 4.79. The number of rotatable bonds is 8. The SMILES string of the molecule is CCCC(CCC)C(=O)NCCn1nc(C(F)(F)F)c2c1CCCC2. The first-order valence-electron chi connectivity index (χ1n) is 9.31. The minimum Gasteiger partial charge on any atom is -0.354 e. The van der Waals surface area contributed by atoms with Crippen molar-refractivity contribution in [2.45, 2.75) is 77.9 Å². The quantitative estimate of drug-likeness (QED) is 0.759. The second-order valence-electron chi connectivity index (χ2n) is 6.77. The van der Waals surface area contributed by atoms with Crippen LogP contribution in [0.15, 0.2) is 0 Å². The molecule has 1 aromatic rings. The molecule has 0 bridgehead atoms. The van der Waals surface area contributed by atoms with Crippen molar-refractivity contribution >= 4 is 5.91 Å². The summed E-state index contributed by atoms with van der Waals surface area (Å²) in [6.07, 6.45) is 1.88. The normalized spacial score (nSPS) is 14.6. The number of halogens is 3. The van der Waals surface area contributed by atoms with Crippen LogP contribution in [0.4, 0.5) is 13.2 Å². The molecular weight excluding hydrogens is 331 g/mol. The molecule has 1 heterocycles. The van der Waals surface area contributed by atoms with Crippen LogP contribution >= 0.6 is 0 Å². The molecule has 0 aliphatic heterocycles. The van der Waals surface area contributed by atoms with E-state index < -0.39 is 11.9 Å². The number of aromatic nitrogens is 2. The fraction of sp³-hybridized carbons (Fsp3) is 0.778. The molecule has 0 unspecified atom stereocenters. The van der Waals surface area contributed by atoms with E-state index in [0.29, 0.717) is 30.6 Å². The van der Waals surface area contributed by atoms with Gasteiger partial charge in [-0.15, -0.1) is 0 Å². The summed E-state index contributed by atoms with van der Waals surface area (Å²) in [7, 11) is 0. The van der Waals surface area contributed by atoms with Gasteiger partial charge in [-0.25, -0.2) is 0 Å². The Hall–Kier alpha value is -1.53. The van der Waals surface area contributed by atoms with Crippen LogP contribution in [0.1, 0.15) is 69.3 Å². The summed E-state index contributed by atoms with van der Waals surface area (Å²) in [5.41, 5.74) is 0.287. The van der Waals surface area contributed by atoms with Gasteiger partial charge in [-0.2, -0.15) is 18.3 Å². The van der Waals surface area contributed by atoms with Gasteiger partial charge < -0.3 is 5.32 Å². The number of alkyl halides is 3. The van der Waals surface area contributed by atoms with Gasteiger partial charge in [-0.05, 0) is 38.5 Å². The van der Waals surface area contributed by atoms with Gasteiger partial charge in [0.25, 0.3) is 0 Å². The molecule has 1 aliphatic carbocycles. The molecule has 0 saturated carbocycles. The molecule has 4 nitrogen and oxygen atoms in total. The smallest absolute Gasteiger partial charge is 0.354 e. The Kier molecular flexibility index (Phi) is 6.90. The molecule has 1 amide bonds. The van der Waals surface area contributed by atoms with Gasteiger partial charge in [-0.1, -0.05) is 26.7 Å². The molecule has 1 aromatic heterocycles. The first-order chi connectivity index (χ1) is 11.9. The molecule has 7 heteroatoms. The third-order valence-electron chi connectivity index (χ3n) is 4.79. The molecule has 1 N–H and O–H groups in total. The summed E-state index contributed by atoms with van der Waals surface area (Å²) in [6, 6.07) is 0. The Morgan fingerprint density at radius 1 is 1.20 bits per heavy atom. The monoisotopic (exact) mass is 359 g/mol. The van der Waals surface area contributed by atoms with Crippen LogP contribution in [-0.2, 0) is 30.4 Å². The van der Waals surface area contributed by atoms with E-state index in [1.54, 1.807) is 0 Å². The molecule has 0 atom stereocenters. The lowest BCUT2D eigenvalue weighted by atomic mass is 9.95. The van der Waals surface area contributed by atoms with E-state index in [1.807, 2.05) is 13.8 Å². The topological polar surface area (TPSA) is 46.9 Å². The maximum atomic E-state index is 13.2. The van der Waals surface area contributed by atoms with Gasteiger partial charge in [0.15, 0.2) is 5.69 Å². The standard InChI is InChI=1S/C18H28F3N3O/c1-3-7-13(8-4-2)17(25)22-11-12-24-15-10-6-5-9-14(15)16(23-24)18(19,20)21/h13H,3-12H2,1-2H3,(H,22,25). The van der Waals surface area contributed by atoms with Gasteiger partial charge >= 0.3 is 6.18 Å². The highest BCUT2D eigenvalue weighted by Crippen LogP contribution is 2.35.